The van der Waals surface area contributed by atoms with Crippen molar-refractivity contribution in [1.82, 2.24) is 24.9 Å². The number of alkyl halides is 2. The fourth-order valence-electron chi connectivity index (χ4n) is 2.19. The minimum atomic E-state index is -3.09. The first-order valence-electron chi connectivity index (χ1n) is 6.96. The summed E-state index contributed by atoms with van der Waals surface area (Å²) in [6.07, 6.45) is -3.09. The van der Waals surface area contributed by atoms with E-state index in [0.29, 0.717) is 5.69 Å². The second kappa shape index (κ2) is 6.72. The SMILES string of the molecule is Cc1cc(CNC(=O)Cn2nc(C(F)F)c([N+](=O)[O-])c2C)nn1C. The molecule has 0 spiro atoms. The Bertz CT molecular complexity index is 764. The van der Waals surface area contributed by atoms with Crippen LogP contribution in [0, 0.1) is 24.0 Å². The molecule has 0 saturated heterocycles. The van der Waals surface area contributed by atoms with Gasteiger partial charge in [-0.15, -0.1) is 0 Å². The van der Waals surface area contributed by atoms with Gasteiger partial charge in [-0.2, -0.15) is 10.2 Å². The molecule has 24 heavy (non-hydrogen) atoms. The van der Waals surface area contributed by atoms with Gasteiger partial charge in [-0.05, 0) is 19.9 Å². The monoisotopic (exact) mass is 342 g/mol. The third kappa shape index (κ3) is 3.55. The Balaban J connectivity index is 2.08. The van der Waals surface area contributed by atoms with Crippen LogP contribution in [0.3, 0.4) is 0 Å². The number of aryl methyl sites for hydroxylation is 2. The fourth-order valence-corrected chi connectivity index (χ4v) is 2.19. The molecule has 2 aromatic heterocycles. The molecule has 1 N–H and O–H groups in total. The number of amides is 1. The number of hydrogen-bond donors (Lipinski definition) is 1. The molecular weight excluding hydrogens is 326 g/mol. The van der Waals surface area contributed by atoms with Crippen molar-refractivity contribution in [2.45, 2.75) is 33.4 Å². The molecule has 2 heterocycles. The fraction of sp³-hybridized carbons (Fsp3) is 0.462. The van der Waals surface area contributed by atoms with Gasteiger partial charge in [0.05, 0.1) is 17.2 Å². The van der Waals surface area contributed by atoms with Gasteiger partial charge in [-0.25, -0.2) is 8.78 Å². The number of hydrogen-bond acceptors (Lipinski definition) is 5. The van der Waals surface area contributed by atoms with Gasteiger partial charge in [0.25, 0.3) is 6.43 Å². The Labute approximate surface area is 135 Å². The third-order valence-corrected chi connectivity index (χ3v) is 3.51. The maximum atomic E-state index is 12.8. The van der Waals surface area contributed by atoms with Crippen molar-refractivity contribution in [1.29, 1.82) is 0 Å². The van der Waals surface area contributed by atoms with Gasteiger partial charge in [0.15, 0.2) is 0 Å². The average molecular weight is 342 g/mol. The van der Waals surface area contributed by atoms with E-state index in [9.17, 15) is 23.7 Å². The molecule has 0 aliphatic carbocycles. The number of nitro groups is 1. The Morgan fingerprint density at radius 2 is 2.08 bits per heavy atom. The summed E-state index contributed by atoms with van der Waals surface area (Å²) in [4.78, 5) is 21.9. The first kappa shape index (κ1) is 17.5. The zero-order valence-corrected chi connectivity index (χ0v) is 13.3. The molecule has 2 aromatic rings. The van der Waals surface area contributed by atoms with Gasteiger partial charge >= 0.3 is 5.69 Å². The van der Waals surface area contributed by atoms with Crippen LogP contribution in [0.5, 0.6) is 0 Å². The second-order valence-corrected chi connectivity index (χ2v) is 5.21. The zero-order chi connectivity index (χ0) is 18.0. The van der Waals surface area contributed by atoms with Crippen molar-refractivity contribution >= 4 is 11.6 Å². The molecule has 0 unspecified atom stereocenters. The minimum absolute atomic E-state index is 0.0980. The van der Waals surface area contributed by atoms with Gasteiger partial charge in [0, 0.05) is 12.7 Å². The van der Waals surface area contributed by atoms with Crippen LogP contribution in [0.25, 0.3) is 0 Å². The second-order valence-electron chi connectivity index (χ2n) is 5.21. The van der Waals surface area contributed by atoms with Crippen LogP contribution in [0.2, 0.25) is 0 Å². The molecule has 11 heteroatoms. The van der Waals surface area contributed by atoms with Crippen molar-refractivity contribution < 1.29 is 18.5 Å². The van der Waals surface area contributed by atoms with Crippen LogP contribution >= 0.6 is 0 Å². The summed E-state index contributed by atoms with van der Waals surface area (Å²) in [5.41, 5.74) is -0.248. The van der Waals surface area contributed by atoms with E-state index in [1.54, 1.807) is 17.8 Å². The normalized spacial score (nSPS) is 11.1. The van der Waals surface area contributed by atoms with E-state index in [4.69, 9.17) is 0 Å². The number of nitrogens with zero attached hydrogens (tertiary/aromatic N) is 5. The van der Waals surface area contributed by atoms with Gasteiger partial charge < -0.3 is 5.32 Å². The first-order chi connectivity index (χ1) is 11.2. The van der Waals surface area contributed by atoms with Crippen molar-refractivity contribution in [2.24, 2.45) is 7.05 Å². The Morgan fingerprint density at radius 1 is 1.42 bits per heavy atom. The topological polar surface area (TPSA) is 108 Å². The molecule has 0 radical (unpaired) electrons. The van der Waals surface area contributed by atoms with E-state index in [0.717, 1.165) is 10.4 Å². The quantitative estimate of drug-likeness (QED) is 0.630. The summed E-state index contributed by atoms with van der Waals surface area (Å²) >= 11 is 0. The Hall–Kier alpha value is -2.85. The van der Waals surface area contributed by atoms with E-state index in [1.807, 2.05) is 6.92 Å². The van der Waals surface area contributed by atoms with Crippen molar-refractivity contribution in [3.8, 4) is 0 Å². The Kier molecular flexibility index (Phi) is 4.90. The highest BCUT2D eigenvalue weighted by Crippen LogP contribution is 2.30. The van der Waals surface area contributed by atoms with Gasteiger partial charge in [-0.3, -0.25) is 24.3 Å². The molecular formula is C13H16F2N6O3. The van der Waals surface area contributed by atoms with E-state index in [2.05, 4.69) is 15.5 Å². The molecule has 0 fully saturated rings. The summed E-state index contributed by atoms with van der Waals surface area (Å²) in [5.74, 6) is -0.514. The molecule has 0 aliphatic heterocycles. The summed E-state index contributed by atoms with van der Waals surface area (Å²) in [5, 5.41) is 21.1. The maximum absolute atomic E-state index is 12.8. The number of aromatic nitrogens is 4. The summed E-state index contributed by atoms with van der Waals surface area (Å²) < 4.78 is 28.2. The Morgan fingerprint density at radius 3 is 2.54 bits per heavy atom. The van der Waals surface area contributed by atoms with E-state index in [1.165, 1.54) is 6.92 Å². The van der Waals surface area contributed by atoms with Gasteiger partial charge in [0.1, 0.15) is 12.2 Å². The van der Waals surface area contributed by atoms with Crippen LogP contribution in [-0.2, 0) is 24.9 Å². The van der Waals surface area contributed by atoms with Crippen molar-refractivity contribution in [3.05, 3.63) is 39.0 Å². The standard InChI is InChI=1S/C13H16F2N6O3/c1-7-4-9(17-19(7)3)5-16-10(22)6-20-8(2)12(21(23)24)11(18-20)13(14)15/h4,13H,5-6H2,1-3H3,(H,16,22). The number of halogens is 2. The molecule has 9 nitrogen and oxygen atoms in total. The molecule has 0 aromatic carbocycles. The van der Waals surface area contributed by atoms with Gasteiger partial charge in [0.2, 0.25) is 11.6 Å². The van der Waals surface area contributed by atoms with E-state index >= 15 is 0 Å². The van der Waals surface area contributed by atoms with Crippen molar-refractivity contribution in [2.75, 3.05) is 0 Å². The van der Waals surface area contributed by atoms with Crippen LogP contribution < -0.4 is 5.32 Å². The number of carbonyl (C=O) groups is 1. The van der Waals surface area contributed by atoms with E-state index < -0.39 is 35.2 Å². The largest absolute Gasteiger partial charge is 0.349 e. The number of nitrogens with one attached hydrogen (secondary N) is 1. The summed E-state index contributed by atoms with van der Waals surface area (Å²) in [7, 11) is 1.76. The smallest absolute Gasteiger partial charge is 0.319 e. The summed E-state index contributed by atoms with van der Waals surface area (Å²) in [6, 6.07) is 1.79. The highest BCUT2D eigenvalue weighted by atomic mass is 19.3. The first-order valence-corrected chi connectivity index (χ1v) is 6.96. The predicted molar refractivity (Wildman–Crippen MR) is 78.4 cm³/mol. The molecule has 0 bridgehead atoms. The lowest BCUT2D eigenvalue weighted by Gasteiger charge is -2.04. The molecule has 2 rings (SSSR count). The van der Waals surface area contributed by atoms with Gasteiger partial charge in [-0.1, -0.05) is 0 Å². The lowest BCUT2D eigenvalue weighted by Crippen LogP contribution is -2.28. The maximum Gasteiger partial charge on any atom is 0.319 e. The lowest BCUT2D eigenvalue weighted by molar-refractivity contribution is -0.386. The number of rotatable bonds is 6. The lowest BCUT2D eigenvalue weighted by atomic mass is 10.3. The minimum Gasteiger partial charge on any atom is -0.349 e. The van der Waals surface area contributed by atoms with Crippen LogP contribution in [0.4, 0.5) is 14.5 Å². The molecule has 1 amide bonds. The zero-order valence-electron chi connectivity index (χ0n) is 13.3. The third-order valence-electron chi connectivity index (χ3n) is 3.51. The predicted octanol–water partition coefficient (Wildman–Crippen LogP) is 1.40. The highest BCUT2D eigenvalue weighted by Gasteiger charge is 2.31. The van der Waals surface area contributed by atoms with Crippen LogP contribution in [-0.4, -0.2) is 30.4 Å². The van der Waals surface area contributed by atoms with E-state index in [-0.39, 0.29) is 12.2 Å². The van der Waals surface area contributed by atoms with Crippen LogP contribution in [0.15, 0.2) is 6.07 Å². The average Bonchev–Trinajstić information content (AvgIpc) is 2.98. The molecule has 0 saturated carbocycles. The number of carbonyl (C=O) groups excluding carboxylic acids is 1. The van der Waals surface area contributed by atoms with Crippen molar-refractivity contribution in [3.63, 3.8) is 0 Å². The summed E-state index contributed by atoms with van der Waals surface area (Å²) in [6.45, 7) is 2.89. The molecule has 0 aliphatic rings. The highest BCUT2D eigenvalue weighted by molar-refractivity contribution is 5.75. The molecule has 0 atom stereocenters. The molecule has 130 valence electrons. The van der Waals surface area contributed by atoms with Crippen LogP contribution in [0.1, 0.15) is 29.2 Å².